The zero-order valence-corrected chi connectivity index (χ0v) is 21.8. The van der Waals surface area contributed by atoms with Gasteiger partial charge in [0.2, 0.25) is 0 Å². The molecule has 0 radical (unpaired) electrons. The van der Waals surface area contributed by atoms with Crippen molar-refractivity contribution in [3.63, 3.8) is 0 Å². The number of carbonyl (C=O) groups is 3. The number of halogens is 2. The molecule has 1 aliphatic heterocycles. The molecule has 3 aromatic rings. The molecule has 204 valence electrons. The Bertz CT molecular complexity index is 1390. The first-order valence-corrected chi connectivity index (χ1v) is 12.7. The predicted molar refractivity (Wildman–Crippen MR) is 134 cm³/mol. The second-order valence-corrected chi connectivity index (χ2v) is 9.50. The maximum absolute atomic E-state index is 14.9. The number of esters is 3. The van der Waals surface area contributed by atoms with E-state index in [1.807, 2.05) is 0 Å². The van der Waals surface area contributed by atoms with Crippen LogP contribution in [0.1, 0.15) is 20.8 Å². The van der Waals surface area contributed by atoms with Crippen molar-refractivity contribution in [1.82, 2.24) is 15.0 Å². The van der Waals surface area contributed by atoms with E-state index in [2.05, 4.69) is 15.0 Å². The van der Waals surface area contributed by atoms with Gasteiger partial charge in [-0.15, -0.1) is 11.8 Å². The maximum Gasteiger partial charge on any atom is 0.303 e. The molecule has 10 nitrogen and oxygen atoms in total. The van der Waals surface area contributed by atoms with Crippen LogP contribution in [0.2, 0.25) is 0 Å². The van der Waals surface area contributed by atoms with Gasteiger partial charge in [-0.2, -0.15) is 0 Å². The van der Waals surface area contributed by atoms with Gasteiger partial charge < -0.3 is 18.9 Å². The highest BCUT2D eigenvalue weighted by Gasteiger charge is 2.48. The Balaban J connectivity index is 1.76. The highest BCUT2D eigenvalue weighted by atomic mass is 32.2. The van der Waals surface area contributed by atoms with E-state index >= 15 is 0 Å². The van der Waals surface area contributed by atoms with Crippen LogP contribution in [0.5, 0.6) is 5.75 Å². The van der Waals surface area contributed by atoms with Crippen LogP contribution in [0.3, 0.4) is 0 Å². The van der Waals surface area contributed by atoms with Crippen LogP contribution in [0.15, 0.2) is 49.1 Å². The molecule has 4 atom stereocenters. The highest BCUT2D eigenvalue weighted by molar-refractivity contribution is 7.99. The number of rotatable bonds is 7. The fourth-order valence-corrected chi connectivity index (χ4v) is 5.15. The number of hydrogen-bond donors (Lipinski definition) is 0. The van der Waals surface area contributed by atoms with Crippen molar-refractivity contribution in [2.24, 2.45) is 0 Å². The molecule has 1 fully saturated rings. The molecular weight excluding hydrogens is 536 g/mol. The summed E-state index contributed by atoms with van der Waals surface area (Å²) in [7, 11) is 0. The summed E-state index contributed by atoms with van der Waals surface area (Å²) in [6.45, 7) is 3.53. The number of nitrogens with zero attached hydrogens (tertiary/aromatic N) is 3. The van der Waals surface area contributed by atoms with E-state index in [0.29, 0.717) is 0 Å². The lowest BCUT2D eigenvalue weighted by atomic mass is 10.1. The lowest BCUT2D eigenvalue weighted by Crippen LogP contribution is -2.55. The SMILES string of the molecule is CC(=O)O[C@@H]1[C@@H](OC(C)=O)[C@@H](Oc2ccc(-c3cnccc3F)nc2-c2cnccc2F)SC[C@H]1OC(C)=O. The van der Waals surface area contributed by atoms with Gasteiger partial charge in [-0.1, -0.05) is 0 Å². The van der Waals surface area contributed by atoms with E-state index in [-0.39, 0.29) is 34.0 Å². The summed E-state index contributed by atoms with van der Waals surface area (Å²) in [5.74, 6) is -3.07. The van der Waals surface area contributed by atoms with Gasteiger partial charge in [-0.05, 0) is 24.3 Å². The van der Waals surface area contributed by atoms with Crippen molar-refractivity contribution in [3.8, 4) is 28.3 Å². The number of hydrogen-bond acceptors (Lipinski definition) is 11. The second kappa shape index (κ2) is 12.2. The normalized spacial score (nSPS) is 20.5. The van der Waals surface area contributed by atoms with Gasteiger partial charge in [0, 0.05) is 51.3 Å². The maximum atomic E-state index is 14.9. The predicted octanol–water partition coefficient (Wildman–Crippen LogP) is 3.73. The molecule has 1 saturated heterocycles. The van der Waals surface area contributed by atoms with Gasteiger partial charge in [-0.25, -0.2) is 13.8 Å². The van der Waals surface area contributed by atoms with Crippen LogP contribution in [0, 0.1) is 11.6 Å². The minimum atomic E-state index is -1.21. The second-order valence-electron chi connectivity index (χ2n) is 8.37. The molecule has 0 aliphatic carbocycles. The van der Waals surface area contributed by atoms with Crippen molar-refractivity contribution in [2.75, 3.05) is 5.75 Å². The highest BCUT2D eigenvalue weighted by Crippen LogP contribution is 2.38. The van der Waals surface area contributed by atoms with Crippen molar-refractivity contribution in [3.05, 3.63) is 60.7 Å². The molecule has 0 amide bonds. The summed E-state index contributed by atoms with van der Waals surface area (Å²) in [6.07, 6.45) is 1.75. The average molecular weight is 560 g/mol. The Morgan fingerprint density at radius 3 is 2.00 bits per heavy atom. The van der Waals surface area contributed by atoms with Crippen LogP contribution in [-0.2, 0) is 28.6 Å². The van der Waals surface area contributed by atoms with Crippen LogP contribution in [0.4, 0.5) is 8.78 Å². The molecule has 0 bridgehead atoms. The van der Waals surface area contributed by atoms with Crippen molar-refractivity contribution in [2.45, 2.75) is 44.5 Å². The van der Waals surface area contributed by atoms with Gasteiger partial charge in [-0.3, -0.25) is 24.4 Å². The van der Waals surface area contributed by atoms with E-state index in [9.17, 15) is 23.2 Å². The molecule has 0 N–H and O–H groups in total. The lowest BCUT2D eigenvalue weighted by molar-refractivity contribution is -0.186. The summed E-state index contributed by atoms with van der Waals surface area (Å²) in [4.78, 5) is 47.9. The Labute approximate surface area is 226 Å². The number of aromatic nitrogens is 3. The van der Waals surface area contributed by atoms with Crippen molar-refractivity contribution >= 4 is 29.7 Å². The topological polar surface area (TPSA) is 127 Å². The van der Waals surface area contributed by atoms with E-state index < -0.39 is 53.3 Å². The zero-order valence-electron chi connectivity index (χ0n) is 21.0. The standard InChI is InChI=1S/C26H23F2N3O7S/c1-13(32)35-22-12-39-26(25(37-15(3)34)24(22)36-14(2)33)38-21-5-4-20(16-10-29-8-6-18(16)27)31-23(21)17-11-30-9-7-19(17)28/h4-11,22,24-26H,12H2,1-3H3/t22-,24+,25-,26+/m1/s1. The van der Waals surface area contributed by atoms with Gasteiger partial charge in [0.05, 0.1) is 16.8 Å². The number of ether oxygens (including phenoxy) is 4. The zero-order chi connectivity index (χ0) is 28.1. The van der Waals surface area contributed by atoms with Gasteiger partial charge >= 0.3 is 17.9 Å². The third-order valence-corrected chi connectivity index (χ3v) is 6.69. The summed E-state index contributed by atoms with van der Waals surface area (Å²) < 4.78 is 51.7. The third kappa shape index (κ3) is 6.66. The number of thioether (sulfide) groups is 1. The van der Waals surface area contributed by atoms with E-state index in [1.54, 1.807) is 0 Å². The molecule has 0 unspecified atom stereocenters. The molecule has 0 spiro atoms. The quantitative estimate of drug-likeness (QED) is 0.310. The Morgan fingerprint density at radius 1 is 0.821 bits per heavy atom. The van der Waals surface area contributed by atoms with Crippen LogP contribution in [0.25, 0.3) is 22.5 Å². The molecule has 39 heavy (non-hydrogen) atoms. The molecule has 4 heterocycles. The summed E-state index contributed by atoms with van der Waals surface area (Å²) >= 11 is 1.13. The molecular formula is C26H23F2N3O7S. The lowest BCUT2D eigenvalue weighted by Gasteiger charge is -2.40. The first-order valence-electron chi connectivity index (χ1n) is 11.6. The summed E-state index contributed by atoms with van der Waals surface area (Å²) in [6, 6.07) is 5.23. The van der Waals surface area contributed by atoms with Gasteiger partial charge in [0.25, 0.3) is 0 Å². The van der Waals surface area contributed by atoms with Gasteiger partial charge in [0.1, 0.15) is 23.1 Å². The Morgan fingerprint density at radius 2 is 1.41 bits per heavy atom. The van der Waals surface area contributed by atoms with Gasteiger partial charge in [0.15, 0.2) is 23.7 Å². The Kier molecular flexibility index (Phi) is 8.69. The molecule has 0 aromatic carbocycles. The molecule has 13 heteroatoms. The molecule has 4 rings (SSSR count). The van der Waals surface area contributed by atoms with Crippen molar-refractivity contribution in [1.29, 1.82) is 0 Å². The molecule has 1 aliphatic rings. The van der Waals surface area contributed by atoms with E-state index in [0.717, 1.165) is 31.7 Å². The number of pyridine rings is 3. The smallest absolute Gasteiger partial charge is 0.303 e. The fraction of sp³-hybridized carbons (Fsp3) is 0.308. The van der Waals surface area contributed by atoms with Crippen molar-refractivity contribution < 1.29 is 42.1 Å². The minimum Gasteiger partial charge on any atom is -0.473 e. The summed E-state index contributed by atoms with van der Waals surface area (Å²) in [5, 5.41) is 0. The first kappa shape index (κ1) is 27.9. The molecule has 3 aromatic heterocycles. The fourth-order valence-electron chi connectivity index (χ4n) is 3.94. The monoisotopic (exact) mass is 559 g/mol. The first-order chi connectivity index (χ1) is 18.6. The van der Waals surface area contributed by atoms with Crippen LogP contribution >= 0.6 is 11.8 Å². The minimum absolute atomic E-state index is 0.00493. The number of carbonyl (C=O) groups excluding carboxylic acids is 3. The average Bonchev–Trinajstić information content (AvgIpc) is 2.87. The van der Waals surface area contributed by atoms with E-state index in [1.165, 1.54) is 49.9 Å². The Hall–Kier alpha value is -4.13. The van der Waals surface area contributed by atoms with Crippen LogP contribution in [-0.4, -0.2) is 62.4 Å². The van der Waals surface area contributed by atoms with Crippen LogP contribution < -0.4 is 4.74 Å². The summed E-state index contributed by atoms with van der Waals surface area (Å²) in [5.41, 5.74) is -0.788. The third-order valence-electron chi connectivity index (χ3n) is 5.47. The molecule has 0 saturated carbocycles. The van der Waals surface area contributed by atoms with E-state index in [4.69, 9.17) is 18.9 Å². The largest absolute Gasteiger partial charge is 0.473 e.